The molecular formula is C24H18Cl2N2O4. The number of hydrogen-bond acceptors (Lipinski definition) is 3. The van der Waals surface area contributed by atoms with E-state index in [1.807, 2.05) is 24.3 Å². The van der Waals surface area contributed by atoms with Crippen LogP contribution in [0.15, 0.2) is 66.7 Å². The summed E-state index contributed by atoms with van der Waals surface area (Å²) >= 11 is 12.1. The van der Waals surface area contributed by atoms with Crippen LogP contribution in [0.2, 0.25) is 10.0 Å². The summed E-state index contributed by atoms with van der Waals surface area (Å²) in [6.45, 7) is 1.68. The van der Waals surface area contributed by atoms with Gasteiger partial charge in [-0.25, -0.2) is 14.5 Å². The van der Waals surface area contributed by atoms with Crippen molar-refractivity contribution in [3.05, 3.63) is 87.9 Å². The van der Waals surface area contributed by atoms with Crippen molar-refractivity contribution in [1.82, 2.24) is 5.32 Å². The van der Waals surface area contributed by atoms with Crippen LogP contribution in [0, 0.1) is 0 Å². The van der Waals surface area contributed by atoms with Crippen molar-refractivity contribution in [2.75, 3.05) is 4.90 Å². The van der Waals surface area contributed by atoms with Crippen LogP contribution in [0.5, 0.6) is 0 Å². The summed E-state index contributed by atoms with van der Waals surface area (Å²) in [6.07, 6.45) is 0.292. The van der Waals surface area contributed by atoms with E-state index in [4.69, 9.17) is 28.3 Å². The second-order valence-corrected chi connectivity index (χ2v) is 8.66. The van der Waals surface area contributed by atoms with E-state index in [0.717, 1.165) is 21.6 Å². The molecule has 1 atom stereocenters. The lowest BCUT2D eigenvalue weighted by molar-refractivity contribution is -0.121. The van der Waals surface area contributed by atoms with Crippen molar-refractivity contribution < 1.29 is 19.5 Å². The molecule has 8 heteroatoms. The Bertz CT molecular complexity index is 1210. The van der Waals surface area contributed by atoms with Gasteiger partial charge in [-0.1, -0.05) is 59.6 Å². The monoisotopic (exact) mass is 468 g/mol. The molecule has 2 N–H and O–H groups in total. The van der Waals surface area contributed by atoms with Crippen molar-refractivity contribution >= 4 is 46.8 Å². The lowest BCUT2D eigenvalue weighted by Gasteiger charge is -2.22. The van der Waals surface area contributed by atoms with E-state index >= 15 is 0 Å². The van der Waals surface area contributed by atoms with E-state index in [-0.39, 0.29) is 5.56 Å². The number of nitrogens with zero attached hydrogens (tertiary/aromatic N) is 1. The number of carboxylic acids is 1. The predicted molar refractivity (Wildman–Crippen MR) is 123 cm³/mol. The van der Waals surface area contributed by atoms with E-state index < -0.39 is 23.4 Å². The highest BCUT2D eigenvalue weighted by molar-refractivity contribution is 6.35. The number of nitrogens with one attached hydrogen (secondary N) is 1. The van der Waals surface area contributed by atoms with Gasteiger partial charge in [0.2, 0.25) is 0 Å². The molecule has 0 aliphatic carbocycles. The number of amides is 3. The number of aromatic carboxylic acids is 1. The first-order valence-electron chi connectivity index (χ1n) is 9.72. The number of halogens is 2. The number of carboxylic acid groups (broad SMARTS) is 1. The number of benzene rings is 3. The maximum atomic E-state index is 13.1. The van der Waals surface area contributed by atoms with Crippen molar-refractivity contribution in [2.45, 2.75) is 18.9 Å². The van der Waals surface area contributed by atoms with Gasteiger partial charge < -0.3 is 10.4 Å². The minimum atomic E-state index is -1.13. The summed E-state index contributed by atoms with van der Waals surface area (Å²) in [6, 6.07) is 18.2. The van der Waals surface area contributed by atoms with Crippen LogP contribution in [0.4, 0.5) is 10.5 Å². The van der Waals surface area contributed by atoms with Gasteiger partial charge in [0, 0.05) is 16.5 Å². The molecule has 3 aromatic rings. The SMILES string of the molecule is CC1(Cc2ccc(-c3ccc(C(=O)O)cc3)cc2)NC(=O)N(c2cc(Cl)cc(Cl)c2)C1=O. The lowest BCUT2D eigenvalue weighted by Crippen LogP contribution is -2.46. The van der Waals surface area contributed by atoms with Crippen molar-refractivity contribution in [3.63, 3.8) is 0 Å². The third-order valence-electron chi connectivity index (χ3n) is 5.34. The molecule has 4 rings (SSSR count). The van der Waals surface area contributed by atoms with Gasteiger partial charge in [-0.3, -0.25) is 4.79 Å². The van der Waals surface area contributed by atoms with Crippen LogP contribution in [0.1, 0.15) is 22.8 Å². The van der Waals surface area contributed by atoms with Crippen LogP contribution in [0.25, 0.3) is 11.1 Å². The number of imide groups is 1. The topological polar surface area (TPSA) is 86.7 Å². The molecule has 0 radical (unpaired) electrons. The molecule has 0 saturated carbocycles. The molecule has 0 spiro atoms. The molecule has 3 amide bonds. The average molecular weight is 469 g/mol. The van der Waals surface area contributed by atoms with E-state index in [1.54, 1.807) is 31.2 Å². The van der Waals surface area contributed by atoms with E-state index in [9.17, 15) is 14.4 Å². The molecule has 1 aliphatic heterocycles. The van der Waals surface area contributed by atoms with Gasteiger partial charge in [-0.15, -0.1) is 0 Å². The minimum Gasteiger partial charge on any atom is -0.478 e. The Hall–Kier alpha value is -3.35. The molecule has 0 aromatic heterocycles. The van der Waals surface area contributed by atoms with Gasteiger partial charge in [0.15, 0.2) is 0 Å². The molecular weight excluding hydrogens is 451 g/mol. The van der Waals surface area contributed by atoms with Crippen molar-refractivity contribution in [3.8, 4) is 11.1 Å². The summed E-state index contributed by atoms with van der Waals surface area (Å²) < 4.78 is 0. The summed E-state index contributed by atoms with van der Waals surface area (Å²) in [5.41, 5.74) is 2.05. The Morgan fingerprint density at radius 1 is 0.938 bits per heavy atom. The van der Waals surface area contributed by atoms with Gasteiger partial charge >= 0.3 is 12.0 Å². The average Bonchev–Trinajstić information content (AvgIpc) is 2.95. The molecule has 162 valence electrons. The van der Waals surface area contributed by atoms with Crippen molar-refractivity contribution in [1.29, 1.82) is 0 Å². The zero-order valence-corrected chi connectivity index (χ0v) is 18.4. The maximum Gasteiger partial charge on any atom is 0.335 e. The fourth-order valence-corrected chi connectivity index (χ4v) is 4.25. The molecule has 1 fully saturated rings. The van der Waals surface area contributed by atoms with Crippen LogP contribution < -0.4 is 10.2 Å². The number of hydrogen-bond donors (Lipinski definition) is 2. The molecule has 3 aromatic carbocycles. The molecule has 0 bridgehead atoms. The predicted octanol–water partition coefficient (Wildman–Crippen LogP) is 5.42. The summed E-state index contributed by atoms with van der Waals surface area (Å²) in [4.78, 5) is 37.8. The fourth-order valence-electron chi connectivity index (χ4n) is 3.74. The van der Waals surface area contributed by atoms with Gasteiger partial charge in [-0.2, -0.15) is 0 Å². The molecule has 1 aliphatic rings. The maximum absolute atomic E-state index is 13.1. The van der Waals surface area contributed by atoms with Crippen LogP contribution in [0.3, 0.4) is 0 Å². The highest BCUT2D eigenvalue weighted by Gasteiger charge is 2.48. The molecule has 32 heavy (non-hydrogen) atoms. The Balaban J connectivity index is 1.54. The fraction of sp³-hybridized carbons (Fsp3) is 0.125. The first kappa shape index (κ1) is 21.9. The Kier molecular flexibility index (Phi) is 5.67. The second kappa shape index (κ2) is 8.30. The molecule has 1 unspecified atom stereocenters. The Labute approximate surface area is 194 Å². The number of anilines is 1. The first-order chi connectivity index (χ1) is 15.2. The smallest absolute Gasteiger partial charge is 0.335 e. The summed E-state index contributed by atoms with van der Waals surface area (Å²) in [7, 11) is 0. The normalized spacial score (nSPS) is 18.0. The van der Waals surface area contributed by atoms with Crippen LogP contribution >= 0.6 is 23.2 Å². The van der Waals surface area contributed by atoms with Gasteiger partial charge in [0.1, 0.15) is 5.54 Å². The van der Waals surface area contributed by atoms with Crippen LogP contribution in [-0.2, 0) is 11.2 Å². The molecule has 1 saturated heterocycles. The molecule has 1 heterocycles. The van der Waals surface area contributed by atoms with Gasteiger partial charge in [0.25, 0.3) is 5.91 Å². The highest BCUT2D eigenvalue weighted by Crippen LogP contribution is 2.32. The number of carbonyl (C=O) groups excluding carboxylic acids is 2. The number of carbonyl (C=O) groups is 3. The standard InChI is InChI=1S/C24H18Cl2N2O4/c1-24(22(31)28(23(32)27-24)20-11-18(25)10-19(26)12-20)13-14-2-4-15(5-3-14)16-6-8-17(9-7-16)21(29)30/h2-12H,13H2,1H3,(H,27,32)(H,29,30). The minimum absolute atomic E-state index is 0.222. The largest absolute Gasteiger partial charge is 0.478 e. The zero-order chi connectivity index (χ0) is 23.0. The second-order valence-electron chi connectivity index (χ2n) is 7.79. The zero-order valence-electron chi connectivity index (χ0n) is 16.9. The lowest BCUT2D eigenvalue weighted by atomic mass is 9.91. The Morgan fingerprint density at radius 2 is 1.47 bits per heavy atom. The van der Waals surface area contributed by atoms with Crippen molar-refractivity contribution in [2.24, 2.45) is 0 Å². The van der Waals surface area contributed by atoms with E-state index in [1.165, 1.54) is 18.2 Å². The summed E-state index contributed by atoms with van der Waals surface area (Å²) in [5.74, 6) is -1.37. The third kappa shape index (κ3) is 4.20. The molecule has 6 nitrogen and oxygen atoms in total. The third-order valence-corrected chi connectivity index (χ3v) is 5.78. The number of rotatable bonds is 5. The van der Waals surface area contributed by atoms with E-state index in [2.05, 4.69) is 5.32 Å². The van der Waals surface area contributed by atoms with Crippen LogP contribution in [-0.4, -0.2) is 28.6 Å². The summed E-state index contributed by atoms with van der Waals surface area (Å²) in [5, 5.41) is 12.5. The first-order valence-corrected chi connectivity index (χ1v) is 10.5. The highest BCUT2D eigenvalue weighted by atomic mass is 35.5. The quantitative estimate of drug-likeness (QED) is 0.489. The van der Waals surface area contributed by atoms with Gasteiger partial charge in [0.05, 0.1) is 11.3 Å². The number of urea groups is 1. The van der Waals surface area contributed by atoms with E-state index in [0.29, 0.717) is 22.2 Å². The van der Waals surface area contributed by atoms with Gasteiger partial charge in [-0.05, 0) is 53.9 Å². The Morgan fingerprint density at radius 3 is 2.00 bits per heavy atom.